The predicted molar refractivity (Wildman–Crippen MR) is 71.8 cm³/mol. The molecule has 0 unspecified atom stereocenters. The number of amides is 1. The van der Waals surface area contributed by atoms with E-state index in [0.29, 0.717) is 17.8 Å². The molecule has 0 aliphatic rings. The second kappa shape index (κ2) is 5.44. The van der Waals surface area contributed by atoms with E-state index in [1.165, 1.54) is 0 Å². The lowest BCUT2D eigenvalue weighted by Crippen LogP contribution is -2.37. The van der Waals surface area contributed by atoms with Crippen molar-refractivity contribution in [2.24, 2.45) is 11.6 Å². The Morgan fingerprint density at radius 1 is 1.00 bits per heavy atom. The minimum Gasteiger partial charge on any atom is -0.326 e. The van der Waals surface area contributed by atoms with Crippen molar-refractivity contribution in [1.29, 1.82) is 0 Å². The highest BCUT2D eigenvalue weighted by molar-refractivity contribution is 6.05. The van der Waals surface area contributed by atoms with Crippen molar-refractivity contribution >= 4 is 11.6 Å². The van der Waals surface area contributed by atoms with E-state index in [0.717, 1.165) is 10.6 Å². The number of para-hydroxylation sites is 1. The Balaban J connectivity index is 2.20. The molecule has 0 saturated carbocycles. The molecule has 18 heavy (non-hydrogen) atoms. The molecule has 0 heterocycles. The molecule has 2 aromatic carbocycles. The molecular formula is C14H15N3O. The van der Waals surface area contributed by atoms with Crippen LogP contribution in [0.5, 0.6) is 0 Å². The van der Waals surface area contributed by atoms with Gasteiger partial charge in [-0.2, -0.15) is 0 Å². The molecule has 0 atom stereocenters. The van der Waals surface area contributed by atoms with Gasteiger partial charge in [-0.05, 0) is 29.8 Å². The number of benzene rings is 2. The van der Waals surface area contributed by atoms with Crippen LogP contribution in [-0.2, 0) is 6.54 Å². The molecule has 0 spiro atoms. The normalized spacial score (nSPS) is 10.1. The van der Waals surface area contributed by atoms with E-state index in [1.807, 2.05) is 30.3 Å². The average Bonchev–Trinajstić information content (AvgIpc) is 2.47. The van der Waals surface area contributed by atoms with E-state index in [-0.39, 0.29) is 5.91 Å². The topological polar surface area (TPSA) is 72.4 Å². The fourth-order valence-corrected chi connectivity index (χ4v) is 1.63. The molecule has 0 bridgehead atoms. The molecule has 0 saturated heterocycles. The van der Waals surface area contributed by atoms with E-state index in [9.17, 15) is 4.79 Å². The van der Waals surface area contributed by atoms with Gasteiger partial charge in [-0.15, -0.1) is 0 Å². The summed E-state index contributed by atoms with van der Waals surface area (Å²) in [7, 11) is 0. The molecule has 92 valence electrons. The molecule has 2 rings (SSSR count). The zero-order valence-corrected chi connectivity index (χ0v) is 9.91. The second-order valence-electron chi connectivity index (χ2n) is 3.91. The van der Waals surface area contributed by atoms with Gasteiger partial charge in [-0.3, -0.25) is 4.79 Å². The summed E-state index contributed by atoms with van der Waals surface area (Å²) in [4.78, 5) is 12.1. The molecular weight excluding hydrogens is 226 g/mol. The van der Waals surface area contributed by atoms with E-state index in [1.54, 1.807) is 24.3 Å². The Hall–Kier alpha value is -2.17. The number of nitrogens with two attached hydrogens (primary N) is 2. The monoisotopic (exact) mass is 241 g/mol. The highest BCUT2D eigenvalue weighted by atomic mass is 16.2. The van der Waals surface area contributed by atoms with Crippen molar-refractivity contribution in [3.8, 4) is 0 Å². The lowest BCUT2D eigenvalue weighted by Gasteiger charge is -2.16. The number of hydrogen-bond donors (Lipinski definition) is 2. The maximum absolute atomic E-state index is 12.1. The van der Waals surface area contributed by atoms with E-state index in [2.05, 4.69) is 0 Å². The third-order valence-corrected chi connectivity index (χ3v) is 2.69. The molecule has 0 radical (unpaired) electrons. The Morgan fingerprint density at radius 3 is 2.17 bits per heavy atom. The Bertz CT molecular complexity index is 522. The van der Waals surface area contributed by atoms with E-state index < -0.39 is 0 Å². The first-order valence-electron chi connectivity index (χ1n) is 5.65. The van der Waals surface area contributed by atoms with Crippen LogP contribution < -0.4 is 16.6 Å². The molecule has 4 N–H and O–H groups in total. The summed E-state index contributed by atoms with van der Waals surface area (Å²) < 4.78 is 0. The molecule has 0 fully saturated rings. The molecule has 0 aliphatic heterocycles. The number of anilines is 1. The number of rotatable bonds is 3. The first kappa shape index (κ1) is 12.3. The largest absolute Gasteiger partial charge is 0.326 e. The van der Waals surface area contributed by atoms with Crippen LogP contribution in [0, 0.1) is 0 Å². The summed E-state index contributed by atoms with van der Waals surface area (Å²) in [6.45, 7) is 0.458. The molecule has 4 nitrogen and oxygen atoms in total. The molecule has 1 amide bonds. The summed E-state index contributed by atoms with van der Waals surface area (Å²) in [5, 5.41) is 1.14. The lowest BCUT2D eigenvalue weighted by molar-refractivity contribution is 0.0987. The highest BCUT2D eigenvalue weighted by Gasteiger charge is 2.13. The molecule has 0 aliphatic carbocycles. The van der Waals surface area contributed by atoms with Gasteiger partial charge in [0.15, 0.2) is 0 Å². The van der Waals surface area contributed by atoms with Crippen molar-refractivity contribution in [3.63, 3.8) is 0 Å². The number of carbonyl (C=O) groups excluding carboxylic acids is 1. The molecule has 0 aromatic heterocycles. The Morgan fingerprint density at radius 2 is 1.61 bits per heavy atom. The van der Waals surface area contributed by atoms with Gasteiger partial charge >= 0.3 is 0 Å². The lowest BCUT2D eigenvalue weighted by atomic mass is 10.1. The number of hydrazine groups is 1. The maximum atomic E-state index is 12.1. The van der Waals surface area contributed by atoms with Crippen LogP contribution in [0.25, 0.3) is 0 Å². The summed E-state index contributed by atoms with van der Waals surface area (Å²) in [5.74, 6) is 5.55. The number of hydrogen-bond acceptors (Lipinski definition) is 3. The zero-order chi connectivity index (χ0) is 13.0. The van der Waals surface area contributed by atoms with Crippen LogP contribution in [-0.4, -0.2) is 5.91 Å². The van der Waals surface area contributed by atoms with Crippen LogP contribution >= 0.6 is 0 Å². The van der Waals surface area contributed by atoms with Crippen molar-refractivity contribution in [3.05, 3.63) is 65.7 Å². The standard InChI is InChI=1S/C14H15N3O/c15-10-11-6-8-12(9-7-11)14(18)17(16)13-4-2-1-3-5-13/h1-9H,10,15-16H2. The number of carbonyl (C=O) groups is 1. The van der Waals surface area contributed by atoms with Gasteiger partial charge in [-0.1, -0.05) is 30.3 Å². The van der Waals surface area contributed by atoms with Crippen molar-refractivity contribution in [1.82, 2.24) is 0 Å². The minimum absolute atomic E-state index is 0.246. The molecule has 4 heteroatoms. The highest BCUT2D eigenvalue weighted by Crippen LogP contribution is 2.13. The SMILES string of the molecule is NCc1ccc(C(=O)N(N)c2ccccc2)cc1. The first-order valence-corrected chi connectivity index (χ1v) is 5.65. The third kappa shape index (κ3) is 2.56. The van der Waals surface area contributed by atoms with Crippen LogP contribution in [0.1, 0.15) is 15.9 Å². The minimum atomic E-state index is -0.246. The van der Waals surface area contributed by atoms with Gasteiger partial charge in [0.1, 0.15) is 0 Å². The summed E-state index contributed by atoms with van der Waals surface area (Å²) in [6.07, 6.45) is 0. The maximum Gasteiger partial charge on any atom is 0.272 e. The van der Waals surface area contributed by atoms with Crippen molar-refractivity contribution < 1.29 is 4.79 Å². The third-order valence-electron chi connectivity index (χ3n) is 2.69. The summed E-state index contributed by atoms with van der Waals surface area (Å²) >= 11 is 0. The van der Waals surface area contributed by atoms with Crippen molar-refractivity contribution in [2.75, 3.05) is 5.01 Å². The van der Waals surface area contributed by atoms with E-state index >= 15 is 0 Å². The van der Waals surface area contributed by atoms with Gasteiger partial charge in [0.25, 0.3) is 5.91 Å². The fraction of sp³-hybridized carbons (Fsp3) is 0.0714. The Kier molecular flexibility index (Phi) is 3.72. The van der Waals surface area contributed by atoms with Gasteiger partial charge in [0, 0.05) is 12.1 Å². The molecule has 2 aromatic rings. The van der Waals surface area contributed by atoms with Crippen molar-refractivity contribution in [2.45, 2.75) is 6.54 Å². The van der Waals surface area contributed by atoms with Gasteiger partial charge in [-0.25, -0.2) is 10.9 Å². The Labute approximate surface area is 106 Å². The average molecular weight is 241 g/mol. The van der Waals surface area contributed by atoms with Crippen LogP contribution in [0.15, 0.2) is 54.6 Å². The predicted octanol–water partition coefficient (Wildman–Crippen LogP) is 1.67. The summed E-state index contributed by atoms with van der Waals surface area (Å²) in [5.41, 5.74) is 7.69. The van der Waals surface area contributed by atoms with Gasteiger partial charge in [0.2, 0.25) is 0 Å². The van der Waals surface area contributed by atoms with E-state index in [4.69, 9.17) is 11.6 Å². The first-order chi connectivity index (χ1) is 8.72. The van der Waals surface area contributed by atoms with Gasteiger partial charge < -0.3 is 5.73 Å². The van der Waals surface area contributed by atoms with Crippen LogP contribution in [0.4, 0.5) is 5.69 Å². The van der Waals surface area contributed by atoms with Crippen LogP contribution in [0.2, 0.25) is 0 Å². The quantitative estimate of drug-likeness (QED) is 0.487. The number of nitrogens with zero attached hydrogens (tertiary/aromatic N) is 1. The summed E-state index contributed by atoms with van der Waals surface area (Å²) in [6, 6.07) is 16.2. The van der Waals surface area contributed by atoms with Crippen LogP contribution in [0.3, 0.4) is 0 Å². The van der Waals surface area contributed by atoms with Gasteiger partial charge in [0.05, 0.1) is 5.69 Å². The fourth-order valence-electron chi connectivity index (χ4n) is 1.63. The second-order valence-corrected chi connectivity index (χ2v) is 3.91. The smallest absolute Gasteiger partial charge is 0.272 e. The zero-order valence-electron chi connectivity index (χ0n) is 9.91.